The number of hydrogen-bond donors (Lipinski definition) is 3. The molecule has 0 saturated carbocycles. The molecule has 34 heavy (non-hydrogen) atoms. The van der Waals surface area contributed by atoms with Crippen molar-refractivity contribution in [3.8, 4) is 11.5 Å². The van der Waals surface area contributed by atoms with Gasteiger partial charge in [-0.2, -0.15) is 5.10 Å². The van der Waals surface area contributed by atoms with Crippen LogP contribution in [0.15, 0.2) is 36.7 Å². The van der Waals surface area contributed by atoms with Crippen LogP contribution in [0.3, 0.4) is 0 Å². The number of likely N-dealkylation sites (N-methyl/N-ethyl adjacent to an activating group) is 1. The molecule has 2 aromatic heterocycles. The standard InChI is InChI=1S/C23H29N7O3.ClH/c1-24-17-6-7-30(14-17)22-13-25-20(12-26-22)23(31)27-21-10-16(28-29-21)5-4-15-8-18(32-2)11-19(9-15)33-3;/h8-13,17,24H,4-7,14H2,1-3H3,(H2,27,28,29,31);1H. The third kappa shape index (κ3) is 6.15. The van der Waals surface area contributed by atoms with Crippen LogP contribution in [0.5, 0.6) is 11.5 Å². The first-order chi connectivity index (χ1) is 16.1. The van der Waals surface area contributed by atoms with Gasteiger partial charge in [-0.15, -0.1) is 0 Å². The van der Waals surface area contributed by atoms with Crippen molar-refractivity contribution in [3.63, 3.8) is 0 Å². The number of aryl methyl sites for hydroxylation is 2. The molecule has 1 saturated heterocycles. The van der Waals surface area contributed by atoms with Gasteiger partial charge in [-0.05, 0) is 44.0 Å². The van der Waals surface area contributed by atoms with Gasteiger partial charge in [-0.25, -0.2) is 9.97 Å². The van der Waals surface area contributed by atoms with E-state index in [1.807, 2.05) is 31.3 Å². The number of amides is 1. The monoisotopic (exact) mass is 487 g/mol. The average molecular weight is 488 g/mol. The van der Waals surface area contributed by atoms with Gasteiger partial charge in [0.2, 0.25) is 0 Å². The summed E-state index contributed by atoms with van der Waals surface area (Å²) in [4.78, 5) is 23.4. The van der Waals surface area contributed by atoms with Gasteiger partial charge >= 0.3 is 1.43 Å². The fourth-order valence-corrected chi connectivity index (χ4v) is 3.83. The van der Waals surface area contributed by atoms with E-state index in [1.54, 1.807) is 20.4 Å². The molecule has 1 fully saturated rings. The molecule has 1 aliphatic heterocycles. The van der Waals surface area contributed by atoms with Gasteiger partial charge < -0.3 is 37.4 Å². The number of nitrogens with one attached hydrogen (secondary N) is 3. The summed E-state index contributed by atoms with van der Waals surface area (Å²) >= 11 is 0. The second-order valence-corrected chi connectivity index (χ2v) is 7.93. The van der Waals surface area contributed by atoms with E-state index in [2.05, 4.69) is 35.7 Å². The maximum absolute atomic E-state index is 12.6. The van der Waals surface area contributed by atoms with E-state index in [0.29, 0.717) is 11.9 Å². The quantitative estimate of drug-likeness (QED) is 0.358. The number of rotatable bonds is 9. The normalized spacial score (nSPS) is 15.0. The van der Waals surface area contributed by atoms with E-state index in [-0.39, 0.29) is 25.4 Å². The second-order valence-electron chi connectivity index (χ2n) is 7.93. The molecule has 1 amide bonds. The number of aromatic nitrogens is 4. The fraction of sp³-hybridized carbons (Fsp3) is 0.391. The van der Waals surface area contributed by atoms with Gasteiger partial charge in [0.15, 0.2) is 5.82 Å². The Labute approximate surface area is 206 Å². The minimum Gasteiger partial charge on any atom is -1.00 e. The molecule has 0 radical (unpaired) electrons. The molecule has 0 spiro atoms. The van der Waals surface area contributed by atoms with Crippen LogP contribution in [0, 0.1) is 0 Å². The Balaban J connectivity index is 0.00000216. The molecule has 1 aromatic carbocycles. The van der Waals surface area contributed by atoms with Crippen molar-refractivity contribution in [3.05, 3.63) is 53.6 Å². The van der Waals surface area contributed by atoms with Crippen molar-refractivity contribution in [2.45, 2.75) is 25.3 Å². The van der Waals surface area contributed by atoms with Crippen LogP contribution in [0.2, 0.25) is 0 Å². The lowest BCUT2D eigenvalue weighted by atomic mass is 10.1. The summed E-state index contributed by atoms with van der Waals surface area (Å²) < 4.78 is 10.6. The summed E-state index contributed by atoms with van der Waals surface area (Å²) in [6.07, 6.45) is 5.69. The zero-order valence-corrected chi connectivity index (χ0v) is 20.2. The molecule has 3 heterocycles. The number of nitrogens with zero attached hydrogens (tertiary/aromatic N) is 4. The van der Waals surface area contributed by atoms with E-state index in [9.17, 15) is 4.79 Å². The van der Waals surface area contributed by atoms with Gasteiger partial charge in [0, 0.05) is 37.0 Å². The summed E-state index contributed by atoms with van der Waals surface area (Å²) in [6, 6.07) is 8.07. The number of halogens is 1. The number of benzene rings is 1. The third-order valence-corrected chi connectivity index (χ3v) is 5.76. The molecule has 182 valence electrons. The Morgan fingerprint density at radius 1 is 1.15 bits per heavy atom. The maximum Gasteiger partial charge on any atom is 1.00 e. The number of hydrogen-bond acceptors (Lipinski definition) is 8. The number of ether oxygens (including phenoxy) is 2. The number of methoxy groups -OCH3 is 2. The molecule has 3 aromatic rings. The zero-order valence-electron chi connectivity index (χ0n) is 20.5. The molecular weight excluding hydrogens is 458 g/mol. The third-order valence-electron chi connectivity index (χ3n) is 5.76. The predicted molar refractivity (Wildman–Crippen MR) is 126 cm³/mol. The Hall–Kier alpha value is -3.37. The van der Waals surface area contributed by atoms with Crippen LogP contribution >= 0.6 is 0 Å². The smallest absolute Gasteiger partial charge is 1.00 e. The highest BCUT2D eigenvalue weighted by Crippen LogP contribution is 2.23. The maximum atomic E-state index is 12.6. The number of carbonyl (C=O) groups excluding carboxylic acids is 1. The predicted octanol–water partition coefficient (Wildman–Crippen LogP) is -0.831. The van der Waals surface area contributed by atoms with Crippen LogP contribution in [-0.4, -0.2) is 66.5 Å². The molecule has 4 rings (SSSR count). The molecule has 11 heteroatoms. The minimum atomic E-state index is -0.348. The molecule has 0 bridgehead atoms. The van der Waals surface area contributed by atoms with E-state index in [1.165, 1.54) is 6.20 Å². The second kappa shape index (κ2) is 11.7. The van der Waals surface area contributed by atoms with Crippen LogP contribution in [-0.2, 0) is 12.8 Å². The van der Waals surface area contributed by atoms with Crippen molar-refractivity contribution in [2.75, 3.05) is 44.6 Å². The van der Waals surface area contributed by atoms with Crippen molar-refractivity contribution in [2.24, 2.45) is 0 Å². The highest BCUT2D eigenvalue weighted by atomic mass is 35.5. The Morgan fingerprint density at radius 2 is 1.91 bits per heavy atom. The summed E-state index contributed by atoms with van der Waals surface area (Å²) in [7, 11) is 5.22. The molecular formula is C23H30ClN7O3. The van der Waals surface area contributed by atoms with Crippen LogP contribution in [0.1, 0.15) is 29.6 Å². The number of carbonyl (C=O) groups is 1. The molecule has 1 atom stereocenters. The molecule has 1 unspecified atom stereocenters. The van der Waals surface area contributed by atoms with Crippen molar-refractivity contribution in [1.82, 2.24) is 25.5 Å². The molecule has 10 nitrogen and oxygen atoms in total. The van der Waals surface area contributed by atoms with E-state index < -0.39 is 0 Å². The van der Waals surface area contributed by atoms with Crippen molar-refractivity contribution < 1.29 is 28.1 Å². The van der Waals surface area contributed by atoms with Crippen LogP contribution in [0.4, 0.5) is 11.6 Å². The largest absolute Gasteiger partial charge is 1.00 e. The average Bonchev–Trinajstić information content (AvgIpc) is 3.52. The van der Waals surface area contributed by atoms with Crippen LogP contribution < -0.4 is 37.4 Å². The Morgan fingerprint density at radius 3 is 2.53 bits per heavy atom. The lowest BCUT2D eigenvalue weighted by Gasteiger charge is -2.16. The first-order valence-electron chi connectivity index (χ1n) is 10.9. The number of H-pyrrole nitrogens is 1. The van der Waals surface area contributed by atoms with Gasteiger partial charge in [-0.3, -0.25) is 9.89 Å². The van der Waals surface area contributed by atoms with E-state index in [0.717, 1.165) is 60.9 Å². The topological polar surface area (TPSA) is 117 Å². The first-order valence-corrected chi connectivity index (χ1v) is 10.9. The van der Waals surface area contributed by atoms with Crippen molar-refractivity contribution >= 4 is 17.5 Å². The van der Waals surface area contributed by atoms with Gasteiger partial charge in [0.05, 0.1) is 26.6 Å². The Kier molecular flexibility index (Phi) is 8.67. The van der Waals surface area contributed by atoms with Gasteiger partial charge in [0.1, 0.15) is 23.0 Å². The highest BCUT2D eigenvalue weighted by molar-refractivity contribution is 6.02. The van der Waals surface area contributed by atoms with E-state index in [4.69, 9.17) is 9.47 Å². The summed E-state index contributed by atoms with van der Waals surface area (Å²) in [5.41, 5.74) is 2.23. The summed E-state index contributed by atoms with van der Waals surface area (Å²) in [5, 5.41) is 13.2. The SMILES string of the molecule is CNC1CCN(c2cnc(C(=O)Nc3cc(CCc4cc(OC)cc(OC)c4)[nH]n3)cn2)C1.[Cl-].[H+]. The highest BCUT2D eigenvalue weighted by Gasteiger charge is 2.22. The van der Waals surface area contributed by atoms with E-state index >= 15 is 0 Å². The summed E-state index contributed by atoms with van der Waals surface area (Å²) in [5.74, 6) is 2.38. The molecule has 3 N–H and O–H groups in total. The van der Waals surface area contributed by atoms with Gasteiger partial charge in [0.25, 0.3) is 5.91 Å². The van der Waals surface area contributed by atoms with Crippen LogP contribution in [0.25, 0.3) is 0 Å². The first kappa shape index (κ1) is 25.3. The lowest BCUT2D eigenvalue weighted by Crippen LogP contribution is -3.00. The van der Waals surface area contributed by atoms with Crippen molar-refractivity contribution in [1.29, 1.82) is 0 Å². The summed E-state index contributed by atoms with van der Waals surface area (Å²) in [6.45, 7) is 1.81. The minimum absolute atomic E-state index is 0. The van der Waals surface area contributed by atoms with Gasteiger partial charge in [-0.1, -0.05) is 0 Å². The molecule has 0 aliphatic carbocycles. The zero-order chi connectivity index (χ0) is 23.2. The number of aromatic amines is 1. The molecule has 1 aliphatic rings. The number of anilines is 2. The fourth-order valence-electron chi connectivity index (χ4n) is 3.83. The Bertz CT molecular complexity index is 1070. The lowest BCUT2D eigenvalue weighted by molar-refractivity contribution is -0.0000153.